The molecule has 5 heteroatoms. The molecule has 0 aromatic heterocycles. The normalized spacial score (nSPS) is 17.0. The second kappa shape index (κ2) is 9.67. The summed E-state index contributed by atoms with van der Waals surface area (Å²) in [6.45, 7) is 6.71. The van der Waals surface area contributed by atoms with E-state index < -0.39 is 11.3 Å². The van der Waals surface area contributed by atoms with Crippen LogP contribution in [0, 0.1) is 5.41 Å². The van der Waals surface area contributed by atoms with Gasteiger partial charge in [-0.05, 0) is 37.7 Å². The Hall–Kier alpha value is -2.17. The number of hydrogen-bond acceptors (Lipinski definition) is 3. The molecule has 2 rings (SSSR count). The molecule has 1 N–H and O–H groups in total. The number of carbonyl (C=O) groups is 3. The monoisotopic (exact) mass is 372 g/mol. The average Bonchev–Trinajstić information content (AvgIpc) is 3.12. The number of ketones is 1. The number of aryl methyl sites for hydroxylation is 1. The molecule has 2 amide bonds. The largest absolute Gasteiger partial charge is 0.356 e. The number of rotatable bonds is 9. The number of hydrogen-bond donors (Lipinski definition) is 1. The molecular weight excluding hydrogens is 340 g/mol. The van der Waals surface area contributed by atoms with Crippen LogP contribution >= 0.6 is 0 Å². The van der Waals surface area contributed by atoms with Crippen molar-refractivity contribution in [1.82, 2.24) is 10.2 Å². The number of Topliss-reactive ketones (excluding diaryl/α,β-unsaturated/α-hetero) is 1. The maximum absolute atomic E-state index is 12.6. The van der Waals surface area contributed by atoms with Gasteiger partial charge >= 0.3 is 0 Å². The van der Waals surface area contributed by atoms with E-state index in [4.69, 9.17) is 0 Å². The Morgan fingerprint density at radius 1 is 1.19 bits per heavy atom. The Kier molecular flexibility index (Phi) is 7.57. The molecule has 1 aromatic rings. The summed E-state index contributed by atoms with van der Waals surface area (Å²) in [7, 11) is 0. The lowest BCUT2D eigenvalue weighted by Crippen LogP contribution is -2.46. The van der Waals surface area contributed by atoms with Crippen molar-refractivity contribution >= 4 is 17.6 Å². The highest BCUT2D eigenvalue weighted by Gasteiger charge is 2.39. The third-order valence-corrected chi connectivity index (χ3v) is 5.56. The Morgan fingerprint density at radius 3 is 2.56 bits per heavy atom. The Morgan fingerprint density at radius 2 is 1.89 bits per heavy atom. The van der Waals surface area contributed by atoms with Crippen LogP contribution in [0.3, 0.4) is 0 Å². The van der Waals surface area contributed by atoms with Crippen molar-refractivity contribution in [3.63, 3.8) is 0 Å². The van der Waals surface area contributed by atoms with Gasteiger partial charge in [0.2, 0.25) is 11.7 Å². The maximum atomic E-state index is 12.6. The van der Waals surface area contributed by atoms with Gasteiger partial charge in [-0.2, -0.15) is 0 Å². The van der Waals surface area contributed by atoms with E-state index >= 15 is 0 Å². The van der Waals surface area contributed by atoms with Crippen molar-refractivity contribution in [2.45, 2.75) is 65.3 Å². The molecule has 1 atom stereocenters. The Bertz CT molecular complexity index is 655. The molecule has 0 unspecified atom stereocenters. The van der Waals surface area contributed by atoms with E-state index in [1.54, 1.807) is 18.7 Å². The first-order valence-corrected chi connectivity index (χ1v) is 10.0. The van der Waals surface area contributed by atoms with Gasteiger partial charge in [0.1, 0.15) is 0 Å². The van der Waals surface area contributed by atoms with Crippen LogP contribution in [0.15, 0.2) is 30.3 Å². The highest BCUT2D eigenvalue weighted by molar-refractivity contribution is 6.38. The first-order valence-electron chi connectivity index (χ1n) is 10.0. The fourth-order valence-corrected chi connectivity index (χ4v) is 3.35. The molecule has 0 saturated carbocycles. The van der Waals surface area contributed by atoms with Crippen LogP contribution in [0.5, 0.6) is 0 Å². The number of amides is 2. The van der Waals surface area contributed by atoms with Crippen molar-refractivity contribution in [1.29, 1.82) is 0 Å². The summed E-state index contributed by atoms with van der Waals surface area (Å²) in [6, 6.07) is 10.0. The van der Waals surface area contributed by atoms with Crippen LogP contribution in [-0.2, 0) is 20.8 Å². The second-order valence-electron chi connectivity index (χ2n) is 8.00. The Labute approximate surface area is 162 Å². The van der Waals surface area contributed by atoms with Gasteiger partial charge in [-0.15, -0.1) is 0 Å². The zero-order valence-electron chi connectivity index (χ0n) is 16.8. The highest BCUT2D eigenvalue weighted by atomic mass is 16.2. The smallest absolute Gasteiger partial charge is 0.290 e. The summed E-state index contributed by atoms with van der Waals surface area (Å²) in [4.78, 5) is 39.0. The van der Waals surface area contributed by atoms with Crippen molar-refractivity contribution < 1.29 is 14.4 Å². The molecule has 1 saturated heterocycles. The SMILES string of the molecule is CCC(C)(C)C(=O)C(=O)N1CCC[C@H]1CC(=O)NCCCc1ccccc1. The first kappa shape index (κ1) is 21.1. The lowest BCUT2D eigenvalue weighted by Gasteiger charge is -2.28. The van der Waals surface area contributed by atoms with Crippen molar-refractivity contribution in [2.75, 3.05) is 13.1 Å². The van der Waals surface area contributed by atoms with Crippen molar-refractivity contribution in [3.05, 3.63) is 35.9 Å². The predicted octanol–water partition coefficient (Wildman–Crippen LogP) is 3.12. The molecule has 27 heavy (non-hydrogen) atoms. The summed E-state index contributed by atoms with van der Waals surface area (Å²) in [6.07, 6.45) is 4.33. The van der Waals surface area contributed by atoms with Crippen LogP contribution in [-0.4, -0.2) is 41.6 Å². The number of carbonyl (C=O) groups excluding carboxylic acids is 3. The topological polar surface area (TPSA) is 66.5 Å². The lowest BCUT2D eigenvalue weighted by molar-refractivity contribution is -0.150. The van der Waals surface area contributed by atoms with E-state index in [-0.39, 0.29) is 24.2 Å². The van der Waals surface area contributed by atoms with Gasteiger partial charge < -0.3 is 10.2 Å². The summed E-state index contributed by atoms with van der Waals surface area (Å²) in [5.41, 5.74) is 0.612. The van der Waals surface area contributed by atoms with Gasteiger partial charge in [0, 0.05) is 31.0 Å². The minimum Gasteiger partial charge on any atom is -0.356 e. The van der Waals surface area contributed by atoms with Gasteiger partial charge in [-0.25, -0.2) is 0 Å². The molecule has 1 heterocycles. The molecule has 0 bridgehead atoms. The van der Waals surface area contributed by atoms with Crippen LogP contribution < -0.4 is 5.32 Å². The van der Waals surface area contributed by atoms with Crippen LogP contribution in [0.2, 0.25) is 0 Å². The molecule has 148 valence electrons. The van der Waals surface area contributed by atoms with E-state index in [1.165, 1.54) is 5.56 Å². The molecule has 0 spiro atoms. The molecule has 5 nitrogen and oxygen atoms in total. The van der Waals surface area contributed by atoms with Gasteiger partial charge in [0.25, 0.3) is 5.91 Å². The summed E-state index contributed by atoms with van der Waals surface area (Å²) >= 11 is 0. The predicted molar refractivity (Wildman–Crippen MR) is 106 cm³/mol. The van der Waals surface area contributed by atoms with Gasteiger partial charge in [-0.1, -0.05) is 51.1 Å². The number of nitrogens with one attached hydrogen (secondary N) is 1. The minimum absolute atomic E-state index is 0.0463. The average molecular weight is 373 g/mol. The van der Waals surface area contributed by atoms with E-state index in [1.807, 2.05) is 25.1 Å². The summed E-state index contributed by atoms with van der Waals surface area (Å²) < 4.78 is 0. The number of nitrogens with zero attached hydrogens (tertiary/aromatic N) is 1. The molecule has 0 aliphatic carbocycles. The van der Waals surface area contributed by atoms with Gasteiger partial charge in [-0.3, -0.25) is 14.4 Å². The van der Waals surface area contributed by atoms with E-state index in [2.05, 4.69) is 17.4 Å². The van der Waals surface area contributed by atoms with Crippen LogP contribution in [0.25, 0.3) is 0 Å². The van der Waals surface area contributed by atoms with E-state index in [9.17, 15) is 14.4 Å². The third-order valence-electron chi connectivity index (χ3n) is 5.56. The fourth-order valence-electron chi connectivity index (χ4n) is 3.35. The molecule has 1 fully saturated rings. The zero-order valence-corrected chi connectivity index (χ0v) is 16.8. The van der Waals surface area contributed by atoms with Gasteiger partial charge in [0.05, 0.1) is 0 Å². The van der Waals surface area contributed by atoms with Crippen molar-refractivity contribution in [3.8, 4) is 0 Å². The van der Waals surface area contributed by atoms with Gasteiger partial charge in [0.15, 0.2) is 0 Å². The molecule has 1 aliphatic rings. The Balaban J connectivity index is 1.78. The number of likely N-dealkylation sites (tertiary alicyclic amines) is 1. The maximum Gasteiger partial charge on any atom is 0.290 e. The fraction of sp³-hybridized carbons (Fsp3) is 0.591. The standard InChI is InChI=1S/C22H32N2O3/c1-4-22(2,3)20(26)21(27)24-15-9-13-18(24)16-19(25)23-14-8-12-17-10-6-5-7-11-17/h5-7,10-11,18H,4,8-9,12-16H2,1-3H3,(H,23,25)/t18-/m0/s1. The molecule has 1 aromatic carbocycles. The molecule has 0 radical (unpaired) electrons. The summed E-state index contributed by atoms with van der Waals surface area (Å²) in [5, 5.41) is 2.95. The molecule has 1 aliphatic heterocycles. The highest BCUT2D eigenvalue weighted by Crippen LogP contribution is 2.26. The molecular formula is C22H32N2O3. The van der Waals surface area contributed by atoms with Crippen LogP contribution in [0.4, 0.5) is 0 Å². The van der Waals surface area contributed by atoms with Crippen LogP contribution in [0.1, 0.15) is 58.4 Å². The lowest BCUT2D eigenvalue weighted by atomic mass is 9.84. The number of benzene rings is 1. The quantitative estimate of drug-likeness (QED) is 0.535. The summed E-state index contributed by atoms with van der Waals surface area (Å²) in [5.74, 6) is -0.823. The zero-order chi connectivity index (χ0) is 19.9. The van der Waals surface area contributed by atoms with Crippen molar-refractivity contribution in [2.24, 2.45) is 5.41 Å². The van der Waals surface area contributed by atoms with E-state index in [0.717, 1.165) is 25.7 Å². The first-order chi connectivity index (χ1) is 12.8. The second-order valence-corrected chi connectivity index (χ2v) is 8.00. The minimum atomic E-state index is -0.649. The van der Waals surface area contributed by atoms with E-state index in [0.29, 0.717) is 19.5 Å². The third kappa shape index (κ3) is 5.91.